The molecule has 1 aliphatic rings. The molecule has 2 aromatic rings. The highest BCUT2D eigenvalue weighted by molar-refractivity contribution is 5.80. The molecule has 0 saturated heterocycles. The molecule has 0 saturated carbocycles. The van der Waals surface area contributed by atoms with Crippen LogP contribution in [0.3, 0.4) is 0 Å². The van der Waals surface area contributed by atoms with Gasteiger partial charge in [0.1, 0.15) is 0 Å². The average molecular weight is 172 g/mol. The Kier molecular flexibility index (Phi) is 1.10. The standard InChI is InChI=1S/C10H8N2O/c13-10-8-4-1-2-5-9(8)11-6-3-7-12(10)11/h1-6H,7H2. The van der Waals surface area contributed by atoms with Gasteiger partial charge in [-0.15, -0.1) is 0 Å². The zero-order chi connectivity index (χ0) is 8.84. The summed E-state index contributed by atoms with van der Waals surface area (Å²) in [5.74, 6) is 0. The van der Waals surface area contributed by atoms with Gasteiger partial charge in [-0.25, -0.2) is 4.68 Å². The predicted octanol–water partition coefficient (Wildman–Crippen LogP) is 1.29. The smallest absolute Gasteiger partial charge is 0.267 e. The zero-order valence-electron chi connectivity index (χ0n) is 6.97. The van der Waals surface area contributed by atoms with Crippen LogP contribution < -0.4 is 5.56 Å². The quantitative estimate of drug-likeness (QED) is 0.588. The van der Waals surface area contributed by atoms with Gasteiger partial charge in [0.05, 0.1) is 17.4 Å². The lowest BCUT2D eigenvalue weighted by molar-refractivity contribution is 0.660. The summed E-state index contributed by atoms with van der Waals surface area (Å²) in [6.45, 7) is 0.688. The Labute approximate surface area is 74.5 Å². The molecule has 2 heterocycles. The van der Waals surface area contributed by atoms with E-state index >= 15 is 0 Å². The van der Waals surface area contributed by atoms with Crippen molar-refractivity contribution in [1.82, 2.24) is 9.36 Å². The van der Waals surface area contributed by atoms with Gasteiger partial charge >= 0.3 is 0 Å². The van der Waals surface area contributed by atoms with Crippen LogP contribution in [0.4, 0.5) is 0 Å². The Bertz CT molecular complexity index is 560. The van der Waals surface area contributed by atoms with Gasteiger partial charge in [-0.3, -0.25) is 9.48 Å². The van der Waals surface area contributed by atoms with Gasteiger partial charge in [0.2, 0.25) is 0 Å². The van der Waals surface area contributed by atoms with Crippen LogP contribution in [-0.4, -0.2) is 9.36 Å². The number of nitrogens with zero attached hydrogens (tertiary/aromatic N) is 2. The van der Waals surface area contributed by atoms with E-state index in [-0.39, 0.29) is 5.56 Å². The number of hydrogen-bond acceptors (Lipinski definition) is 1. The summed E-state index contributed by atoms with van der Waals surface area (Å²) in [5, 5.41) is 0.798. The lowest BCUT2D eigenvalue weighted by atomic mass is 10.2. The Balaban J connectivity index is 2.62. The Morgan fingerprint density at radius 1 is 1.23 bits per heavy atom. The third-order valence-electron chi connectivity index (χ3n) is 2.40. The number of rotatable bonds is 0. The van der Waals surface area contributed by atoms with Gasteiger partial charge in [-0.05, 0) is 18.2 Å². The molecule has 0 amide bonds. The fraction of sp³-hybridized carbons (Fsp3) is 0.100. The number of para-hydroxylation sites is 1. The highest BCUT2D eigenvalue weighted by Crippen LogP contribution is 2.13. The highest BCUT2D eigenvalue weighted by Gasteiger charge is 2.12. The van der Waals surface area contributed by atoms with E-state index in [1.807, 2.05) is 41.2 Å². The summed E-state index contributed by atoms with van der Waals surface area (Å²) in [6, 6.07) is 7.66. The van der Waals surface area contributed by atoms with E-state index in [4.69, 9.17) is 0 Å². The summed E-state index contributed by atoms with van der Waals surface area (Å²) in [5.41, 5.74) is 1.09. The van der Waals surface area contributed by atoms with Crippen LogP contribution >= 0.6 is 0 Å². The van der Waals surface area contributed by atoms with Crippen molar-refractivity contribution in [2.24, 2.45) is 0 Å². The number of benzene rings is 1. The van der Waals surface area contributed by atoms with Crippen molar-refractivity contribution in [1.29, 1.82) is 0 Å². The van der Waals surface area contributed by atoms with Crippen LogP contribution in [0, 0.1) is 0 Å². The largest absolute Gasteiger partial charge is 0.275 e. The molecule has 13 heavy (non-hydrogen) atoms. The first-order chi connectivity index (χ1) is 6.38. The van der Waals surface area contributed by atoms with Crippen molar-refractivity contribution >= 4 is 17.1 Å². The second-order valence-electron chi connectivity index (χ2n) is 3.13. The Morgan fingerprint density at radius 2 is 2.08 bits per heavy atom. The summed E-state index contributed by atoms with van der Waals surface area (Å²) in [4.78, 5) is 11.7. The van der Waals surface area contributed by atoms with E-state index in [0.717, 1.165) is 10.9 Å². The van der Waals surface area contributed by atoms with Crippen LogP contribution in [-0.2, 0) is 6.54 Å². The van der Waals surface area contributed by atoms with Crippen molar-refractivity contribution in [2.75, 3.05) is 0 Å². The van der Waals surface area contributed by atoms with E-state index in [0.29, 0.717) is 6.54 Å². The van der Waals surface area contributed by atoms with Gasteiger partial charge in [0.15, 0.2) is 0 Å². The molecule has 64 valence electrons. The van der Waals surface area contributed by atoms with E-state index in [1.165, 1.54) is 0 Å². The molecule has 3 heteroatoms. The fourth-order valence-corrected chi connectivity index (χ4v) is 1.80. The summed E-state index contributed by atoms with van der Waals surface area (Å²) in [6.07, 6.45) is 3.91. The van der Waals surface area contributed by atoms with Crippen molar-refractivity contribution < 1.29 is 0 Å². The molecule has 1 aromatic carbocycles. The van der Waals surface area contributed by atoms with Crippen LogP contribution in [0.15, 0.2) is 35.1 Å². The maximum absolute atomic E-state index is 11.7. The van der Waals surface area contributed by atoms with Crippen molar-refractivity contribution in [3.05, 3.63) is 40.7 Å². The van der Waals surface area contributed by atoms with Gasteiger partial charge in [0.25, 0.3) is 5.56 Å². The number of aromatic nitrogens is 2. The van der Waals surface area contributed by atoms with Crippen LogP contribution in [0.5, 0.6) is 0 Å². The van der Waals surface area contributed by atoms with Crippen molar-refractivity contribution in [2.45, 2.75) is 6.54 Å². The van der Waals surface area contributed by atoms with E-state index in [1.54, 1.807) is 4.68 Å². The van der Waals surface area contributed by atoms with Crippen LogP contribution in [0.1, 0.15) is 0 Å². The number of fused-ring (bicyclic) bond motifs is 3. The van der Waals surface area contributed by atoms with Gasteiger partial charge in [-0.1, -0.05) is 12.1 Å². The van der Waals surface area contributed by atoms with E-state index in [9.17, 15) is 4.79 Å². The first kappa shape index (κ1) is 6.71. The molecular formula is C10H8N2O. The molecule has 1 aliphatic heterocycles. The molecule has 0 aliphatic carbocycles. The normalized spacial score (nSPS) is 13.8. The predicted molar refractivity (Wildman–Crippen MR) is 51.5 cm³/mol. The molecule has 0 spiro atoms. The third-order valence-corrected chi connectivity index (χ3v) is 2.40. The molecule has 3 rings (SSSR count). The van der Waals surface area contributed by atoms with E-state index in [2.05, 4.69) is 0 Å². The molecule has 0 atom stereocenters. The summed E-state index contributed by atoms with van der Waals surface area (Å²) < 4.78 is 3.63. The van der Waals surface area contributed by atoms with Gasteiger partial charge < -0.3 is 0 Å². The SMILES string of the molecule is O=c1c2ccccc2n2n1CC=C2. The first-order valence-corrected chi connectivity index (χ1v) is 4.24. The number of hydrogen-bond donors (Lipinski definition) is 0. The molecule has 0 unspecified atom stereocenters. The molecule has 0 bridgehead atoms. The van der Waals surface area contributed by atoms with Crippen LogP contribution in [0.25, 0.3) is 17.1 Å². The minimum Gasteiger partial charge on any atom is -0.267 e. The lowest BCUT2D eigenvalue weighted by Gasteiger charge is -1.96. The summed E-state index contributed by atoms with van der Waals surface area (Å²) in [7, 11) is 0. The van der Waals surface area contributed by atoms with Gasteiger partial charge in [0, 0.05) is 6.20 Å². The fourth-order valence-electron chi connectivity index (χ4n) is 1.80. The van der Waals surface area contributed by atoms with Crippen molar-refractivity contribution in [3.63, 3.8) is 0 Å². The topological polar surface area (TPSA) is 26.9 Å². The first-order valence-electron chi connectivity index (χ1n) is 4.24. The van der Waals surface area contributed by atoms with Crippen molar-refractivity contribution in [3.8, 4) is 0 Å². The van der Waals surface area contributed by atoms with E-state index < -0.39 is 0 Å². The molecule has 0 radical (unpaired) electrons. The maximum atomic E-state index is 11.7. The number of allylic oxidation sites excluding steroid dienone is 1. The maximum Gasteiger partial charge on any atom is 0.275 e. The minimum atomic E-state index is 0.0978. The molecular weight excluding hydrogens is 164 g/mol. The Morgan fingerprint density at radius 3 is 3.00 bits per heavy atom. The van der Waals surface area contributed by atoms with Gasteiger partial charge in [-0.2, -0.15) is 0 Å². The Hall–Kier alpha value is -1.77. The third kappa shape index (κ3) is 0.710. The highest BCUT2D eigenvalue weighted by atomic mass is 16.1. The minimum absolute atomic E-state index is 0.0978. The second-order valence-corrected chi connectivity index (χ2v) is 3.13. The monoisotopic (exact) mass is 172 g/mol. The summed E-state index contributed by atoms with van der Waals surface area (Å²) >= 11 is 0. The molecule has 1 aromatic heterocycles. The average Bonchev–Trinajstić information content (AvgIpc) is 2.72. The molecule has 3 nitrogen and oxygen atoms in total. The lowest BCUT2D eigenvalue weighted by Crippen LogP contribution is -2.16. The van der Waals surface area contributed by atoms with Crippen LogP contribution in [0.2, 0.25) is 0 Å². The molecule has 0 fully saturated rings. The second kappa shape index (κ2) is 2.13. The zero-order valence-corrected chi connectivity index (χ0v) is 6.97. The molecule has 0 N–H and O–H groups in total.